The van der Waals surface area contributed by atoms with Gasteiger partial charge in [-0.1, -0.05) is 6.92 Å². The minimum Gasteiger partial charge on any atom is -0.429 e. The fourth-order valence-electron chi connectivity index (χ4n) is 0.899. The summed E-state index contributed by atoms with van der Waals surface area (Å²) in [7, 11) is 0. The maximum atomic E-state index is 11.1. The van der Waals surface area contributed by atoms with E-state index < -0.39 is 23.6 Å². The number of nitrogens with one attached hydrogen (secondary N) is 2. The first kappa shape index (κ1) is 9.50. The van der Waals surface area contributed by atoms with Crippen LogP contribution in [0.5, 0.6) is 0 Å². The number of urea groups is 1. The van der Waals surface area contributed by atoms with Gasteiger partial charge in [0.1, 0.15) is 0 Å². The molecule has 0 aromatic heterocycles. The third-order valence-corrected chi connectivity index (χ3v) is 1.62. The number of imide groups is 1. The SMILES string of the molecule is CCC(=O)O[C@@]1(C)NC(=O)NC1=O. The third-order valence-electron chi connectivity index (χ3n) is 1.62. The number of hydrogen-bond donors (Lipinski definition) is 2. The first-order chi connectivity index (χ1) is 5.98. The van der Waals surface area contributed by atoms with Crippen LogP contribution in [0.2, 0.25) is 0 Å². The van der Waals surface area contributed by atoms with Gasteiger partial charge in [0.15, 0.2) is 0 Å². The first-order valence-electron chi connectivity index (χ1n) is 3.83. The summed E-state index contributed by atoms with van der Waals surface area (Å²) in [6.45, 7) is 2.92. The van der Waals surface area contributed by atoms with Crippen molar-refractivity contribution >= 4 is 17.9 Å². The predicted molar refractivity (Wildman–Crippen MR) is 41.5 cm³/mol. The zero-order valence-electron chi connectivity index (χ0n) is 7.34. The highest BCUT2D eigenvalue weighted by molar-refractivity contribution is 6.06. The molecular weight excluding hydrogens is 176 g/mol. The molecule has 6 heteroatoms. The molecule has 0 aliphatic carbocycles. The van der Waals surface area contributed by atoms with Crippen molar-refractivity contribution in [3.63, 3.8) is 0 Å². The van der Waals surface area contributed by atoms with Crippen LogP contribution in [0.15, 0.2) is 0 Å². The molecule has 0 aromatic carbocycles. The summed E-state index contributed by atoms with van der Waals surface area (Å²) in [5, 5.41) is 4.17. The number of hydrogen-bond acceptors (Lipinski definition) is 4. The lowest BCUT2D eigenvalue weighted by Crippen LogP contribution is -2.47. The van der Waals surface area contributed by atoms with Crippen LogP contribution in [0.25, 0.3) is 0 Å². The molecular formula is C7H10N2O4. The van der Waals surface area contributed by atoms with Crippen molar-refractivity contribution in [1.29, 1.82) is 0 Å². The van der Waals surface area contributed by atoms with Crippen LogP contribution in [-0.2, 0) is 14.3 Å². The summed E-state index contributed by atoms with van der Waals surface area (Å²) in [5.74, 6) is -1.20. The highest BCUT2D eigenvalue weighted by atomic mass is 16.6. The number of esters is 1. The molecule has 1 heterocycles. The zero-order valence-corrected chi connectivity index (χ0v) is 7.34. The molecule has 1 rings (SSSR count). The summed E-state index contributed by atoms with van der Waals surface area (Å²) >= 11 is 0. The van der Waals surface area contributed by atoms with Crippen LogP contribution >= 0.6 is 0 Å². The van der Waals surface area contributed by atoms with Crippen LogP contribution < -0.4 is 10.6 Å². The van der Waals surface area contributed by atoms with Gasteiger partial charge in [-0.15, -0.1) is 0 Å². The second kappa shape index (κ2) is 3.04. The summed E-state index contributed by atoms with van der Waals surface area (Å²) in [6, 6.07) is -0.656. The van der Waals surface area contributed by atoms with Gasteiger partial charge in [-0.2, -0.15) is 0 Å². The van der Waals surface area contributed by atoms with Gasteiger partial charge in [0.05, 0.1) is 0 Å². The van der Waals surface area contributed by atoms with Crippen molar-refractivity contribution < 1.29 is 19.1 Å². The van der Waals surface area contributed by atoms with Crippen molar-refractivity contribution in [2.24, 2.45) is 0 Å². The predicted octanol–water partition coefficient (Wildman–Crippen LogP) is -0.505. The summed E-state index contributed by atoms with van der Waals surface area (Å²) in [4.78, 5) is 32.7. The molecule has 1 aliphatic heterocycles. The third kappa shape index (κ3) is 1.77. The van der Waals surface area contributed by atoms with Crippen LogP contribution in [0.1, 0.15) is 20.3 Å². The number of ether oxygens (including phenoxy) is 1. The molecule has 0 bridgehead atoms. The van der Waals surface area contributed by atoms with Crippen LogP contribution in [-0.4, -0.2) is 23.6 Å². The molecule has 2 N–H and O–H groups in total. The number of rotatable bonds is 2. The number of carbonyl (C=O) groups is 3. The smallest absolute Gasteiger partial charge is 0.325 e. The lowest BCUT2D eigenvalue weighted by atomic mass is 10.2. The Morgan fingerprint density at radius 2 is 2.15 bits per heavy atom. The van der Waals surface area contributed by atoms with E-state index >= 15 is 0 Å². The van der Waals surface area contributed by atoms with E-state index in [1.165, 1.54) is 6.92 Å². The zero-order chi connectivity index (χ0) is 10.1. The summed E-state index contributed by atoms with van der Waals surface area (Å²) < 4.78 is 4.75. The number of carbonyl (C=O) groups excluding carboxylic acids is 3. The van der Waals surface area contributed by atoms with Crippen molar-refractivity contribution in [1.82, 2.24) is 10.6 Å². The molecule has 13 heavy (non-hydrogen) atoms. The Balaban J connectivity index is 2.71. The fourth-order valence-corrected chi connectivity index (χ4v) is 0.899. The van der Waals surface area contributed by atoms with Crippen molar-refractivity contribution in [3.8, 4) is 0 Å². The molecule has 0 spiro atoms. The van der Waals surface area contributed by atoms with E-state index in [1.807, 2.05) is 5.32 Å². The van der Waals surface area contributed by atoms with Crippen molar-refractivity contribution in [3.05, 3.63) is 0 Å². The Labute approximate surface area is 74.6 Å². The average molecular weight is 186 g/mol. The van der Waals surface area contributed by atoms with Crippen LogP contribution in [0.3, 0.4) is 0 Å². The Bertz CT molecular complexity index is 276. The number of amides is 3. The van der Waals surface area contributed by atoms with Gasteiger partial charge in [-0.05, 0) is 0 Å². The van der Waals surface area contributed by atoms with Crippen molar-refractivity contribution in [2.45, 2.75) is 26.0 Å². The van der Waals surface area contributed by atoms with Gasteiger partial charge in [0.2, 0.25) is 0 Å². The molecule has 0 radical (unpaired) electrons. The Morgan fingerprint density at radius 1 is 1.54 bits per heavy atom. The maximum Gasteiger partial charge on any atom is 0.325 e. The van der Waals surface area contributed by atoms with E-state index in [1.54, 1.807) is 6.92 Å². The monoisotopic (exact) mass is 186 g/mol. The Hall–Kier alpha value is -1.59. The second-order valence-electron chi connectivity index (χ2n) is 2.77. The van der Waals surface area contributed by atoms with Gasteiger partial charge in [-0.25, -0.2) is 4.79 Å². The molecule has 0 unspecified atom stereocenters. The van der Waals surface area contributed by atoms with E-state index in [-0.39, 0.29) is 6.42 Å². The topological polar surface area (TPSA) is 84.5 Å². The molecule has 1 aliphatic rings. The van der Waals surface area contributed by atoms with E-state index in [2.05, 4.69) is 5.32 Å². The minimum atomic E-state index is -1.55. The van der Waals surface area contributed by atoms with Gasteiger partial charge in [-0.3, -0.25) is 20.2 Å². The highest BCUT2D eigenvalue weighted by Gasteiger charge is 2.45. The van der Waals surface area contributed by atoms with Gasteiger partial charge in [0, 0.05) is 13.3 Å². The van der Waals surface area contributed by atoms with Gasteiger partial charge >= 0.3 is 12.0 Å². The van der Waals surface area contributed by atoms with E-state index in [0.717, 1.165) is 0 Å². The lowest BCUT2D eigenvalue weighted by Gasteiger charge is -2.20. The molecule has 1 saturated heterocycles. The second-order valence-corrected chi connectivity index (χ2v) is 2.77. The molecule has 1 atom stereocenters. The van der Waals surface area contributed by atoms with E-state index in [4.69, 9.17) is 4.74 Å². The Kier molecular flexibility index (Phi) is 2.22. The molecule has 0 saturated carbocycles. The van der Waals surface area contributed by atoms with Crippen LogP contribution in [0.4, 0.5) is 4.79 Å². The normalized spacial score (nSPS) is 26.6. The van der Waals surface area contributed by atoms with Gasteiger partial charge < -0.3 is 4.74 Å². The largest absolute Gasteiger partial charge is 0.429 e. The summed E-state index contributed by atoms with van der Waals surface area (Å²) in [6.07, 6.45) is 0.152. The Morgan fingerprint density at radius 3 is 2.54 bits per heavy atom. The summed E-state index contributed by atoms with van der Waals surface area (Å²) in [5.41, 5.74) is -1.55. The van der Waals surface area contributed by atoms with E-state index in [0.29, 0.717) is 0 Å². The van der Waals surface area contributed by atoms with Crippen molar-refractivity contribution in [2.75, 3.05) is 0 Å². The molecule has 1 fully saturated rings. The quantitative estimate of drug-likeness (QED) is 0.449. The molecule has 6 nitrogen and oxygen atoms in total. The lowest BCUT2D eigenvalue weighted by molar-refractivity contribution is -0.165. The standard InChI is InChI=1S/C7H10N2O4/c1-3-4(10)13-7(2)5(11)8-6(12)9-7/h3H2,1-2H3,(H2,8,9,11,12)/t7-/m1/s1. The van der Waals surface area contributed by atoms with E-state index in [9.17, 15) is 14.4 Å². The minimum absolute atomic E-state index is 0.152. The van der Waals surface area contributed by atoms with Gasteiger partial charge in [0.25, 0.3) is 11.6 Å². The fraction of sp³-hybridized carbons (Fsp3) is 0.571. The highest BCUT2D eigenvalue weighted by Crippen LogP contribution is 2.12. The first-order valence-corrected chi connectivity index (χ1v) is 3.83. The average Bonchev–Trinajstić information content (AvgIpc) is 2.25. The maximum absolute atomic E-state index is 11.1. The molecule has 3 amide bonds. The van der Waals surface area contributed by atoms with Crippen LogP contribution in [0, 0.1) is 0 Å². The molecule has 72 valence electrons. The molecule has 0 aromatic rings.